The fraction of sp³-hybridized carbons (Fsp3) is 0.474. The summed E-state index contributed by atoms with van der Waals surface area (Å²) in [4.78, 5) is 10.4. The van der Waals surface area contributed by atoms with Gasteiger partial charge in [0.15, 0.2) is 5.82 Å². The number of aromatic nitrogens is 3. The summed E-state index contributed by atoms with van der Waals surface area (Å²) >= 11 is 1.42. The number of aliphatic hydroxyl groups excluding tert-OH is 1. The molecule has 1 unspecified atom stereocenters. The van der Waals surface area contributed by atoms with Crippen LogP contribution in [0.3, 0.4) is 0 Å². The number of hydrogen-bond acceptors (Lipinski definition) is 7. The first kappa shape index (κ1) is 19.3. The number of aryl methyl sites for hydroxylation is 1. The van der Waals surface area contributed by atoms with Crippen LogP contribution in [0, 0.1) is 5.82 Å². The lowest BCUT2D eigenvalue weighted by molar-refractivity contribution is 0.0945. The maximum atomic E-state index is 13.5. The summed E-state index contributed by atoms with van der Waals surface area (Å²) in [5.74, 6) is 0.512. The van der Waals surface area contributed by atoms with Gasteiger partial charge in [-0.2, -0.15) is 4.52 Å². The van der Waals surface area contributed by atoms with Gasteiger partial charge in [0.1, 0.15) is 5.82 Å². The molecular formula is C19H24FN5O2S. The average Bonchev–Trinajstić information content (AvgIpc) is 3.24. The lowest BCUT2D eigenvalue weighted by Crippen LogP contribution is -2.48. The molecule has 2 aromatic heterocycles. The van der Waals surface area contributed by atoms with Crippen LogP contribution in [0.25, 0.3) is 4.96 Å². The Labute approximate surface area is 166 Å². The molecule has 1 fully saturated rings. The van der Waals surface area contributed by atoms with E-state index in [1.165, 1.54) is 28.0 Å². The summed E-state index contributed by atoms with van der Waals surface area (Å²) in [7, 11) is 0. The van der Waals surface area contributed by atoms with Crippen molar-refractivity contribution in [2.75, 3.05) is 39.3 Å². The SMILES string of the molecule is CCc1nc2sc(C(c3ccc(F)cc3)N3CCN(CCO)CC3)c(O)n2n1. The van der Waals surface area contributed by atoms with Crippen molar-refractivity contribution in [3.63, 3.8) is 0 Å². The molecule has 1 aromatic carbocycles. The van der Waals surface area contributed by atoms with Crippen LogP contribution in [0.5, 0.6) is 5.88 Å². The molecule has 0 bridgehead atoms. The van der Waals surface area contributed by atoms with E-state index in [9.17, 15) is 14.6 Å². The number of halogens is 1. The molecule has 7 nitrogen and oxygen atoms in total. The molecule has 28 heavy (non-hydrogen) atoms. The molecule has 0 radical (unpaired) electrons. The van der Waals surface area contributed by atoms with Gasteiger partial charge in [0.2, 0.25) is 10.8 Å². The molecule has 1 saturated heterocycles. The highest BCUT2D eigenvalue weighted by Crippen LogP contribution is 2.40. The van der Waals surface area contributed by atoms with E-state index >= 15 is 0 Å². The van der Waals surface area contributed by atoms with Gasteiger partial charge in [0.25, 0.3) is 0 Å². The van der Waals surface area contributed by atoms with E-state index in [-0.39, 0.29) is 24.3 Å². The lowest BCUT2D eigenvalue weighted by atomic mass is 10.0. The highest BCUT2D eigenvalue weighted by atomic mass is 32.1. The van der Waals surface area contributed by atoms with Gasteiger partial charge < -0.3 is 10.2 Å². The Morgan fingerprint density at radius 2 is 1.89 bits per heavy atom. The zero-order chi connectivity index (χ0) is 19.7. The van der Waals surface area contributed by atoms with E-state index < -0.39 is 0 Å². The number of β-amino-alcohol motifs (C(OH)–C–C–N with tert-alkyl or cyclic N) is 1. The molecule has 4 rings (SSSR count). The van der Waals surface area contributed by atoms with Gasteiger partial charge >= 0.3 is 0 Å². The minimum atomic E-state index is -0.283. The third-order valence-corrected chi connectivity index (χ3v) is 6.25. The largest absolute Gasteiger partial charge is 0.492 e. The number of nitrogens with zero attached hydrogens (tertiary/aromatic N) is 5. The van der Waals surface area contributed by atoms with Crippen molar-refractivity contribution in [2.24, 2.45) is 0 Å². The summed E-state index contributed by atoms with van der Waals surface area (Å²) in [6.07, 6.45) is 0.706. The number of piperazine rings is 1. The van der Waals surface area contributed by atoms with Crippen molar-refractivity contribution in [3.05, 3.63) is 46.3 Å². The smallest absolute Gasteiger partial charge is 0.230 e. The topological polar surface area (TPSA) is 77.1 Å². The predicted octanol–water partition coefficient (Wildman–Crippen LogP) is 1.90. The Morgan fingerprint density at radius 1 is 1.18 bits per heavy atom. The minimum Gasteiger partial charge on any atom is -0.492 e. The summed E-state index contributed by atoms with van der Waals surface area (Å²) in [5, 5.41) is 24.4. The normalized spacial score (nSPS) is 17.4. The highest BCUT2D eigenvalue weighted by Gasteiger charge is 2.31. The van der Waals surface area contributed by atoms with Gasteiger partial charge in [0.05, 0.1) is 17.5 Å². The molecule has 0 saturated carbocycles. The second-order valence-electron chi connectivity index (χ2n) is 6.92. The van der Waals surface area contributed by atoms with E-state index in [1.54, 1.807) is 12.1 Å². The Morgan fingerprint density at radius 3 is 2.50 bits per heavy atom. The lowest BCUT2D eigenvalue weighted by Gasteiger charge is -2.39. The number of thiazole rings is 1. The first-order chi connectivity index (χ1) is 13.6. The summed E-state index contributed by atoms with van der Waals surface area (Å²) < 4.78 is 15.0. The second kappa shape index (κ2) is 8.12. The van der Waals surface area contributed by atoms with Crippen LogP contribution in [0.2, 0.25) is 0 Å². The number of hydrogen-bond donors (Lipinski definition) is 2. The molecule has 1 aliphatic rings. The van der Waals surface area contributed by atoms with Gasteiger partial charge in [-0.3, -0.25) is 9.80 Å². The number of fused-ring (bicyclic) bond motifs is 1. The monoisotopic (exact) mass is 405 g/mol. The van der Waals surface area contributed by atoms with Gasteiger partial charge in [-0.15, -0.1) is 5.10 Å². The average molecular weight is 405 g/mol. The third-order valence-electron chi connectivity index (χ3n) is 5.18. The maximum absolute atomic E-state index is 13.5. The van der Waals surface area contributed by atoms with E-state index in [4.69, 9.17) is 0 Å². The second-order valence-corrected chi connectivity index (χ2v) is 7.93. The van der Waals surface area contributed by atoms with Crippen LogP contribution < -0.4 is 0 Å². The molecule has 0 aliphatic carbocycles. The predicted molar refractivity (Wildman–Crippen MR) is 105 cm³/mol. The zero-order valence-electron chi connectivity index (χ0n) is 15.8. The van der Waals surface area contributed by atoms with E-state index in [2.05, 4.69) is 19.9 Å². The van der Waals surface area contributed by atoms with Crippen LogP contribution in [0.1, 0.15) is 29.2 Å². The molecule has 1 atom stereocenters. The van der Waals surface area contributed by atoms with E-state index in [0.717, 1.165) is 36.6 Å². The van der Waals surface area contributed by atoms with Crippen LogP contribution in [0.4, 0.5) is 4.39 Å². The Hall–Kier alpha value is -2.07. The van der Waals surface area contributed by atoms with Crippen LogP contribution >= 0.6 is 11.3 Å². The fourth-order valence-corrected chi connectivity index (χ4v) is 4.81. The van der Waals surface area contributed by atoms with Crippen LogP contribution in [-0.2, 0) is 6.42 Å². The van der Waals surface area contributed by atoms with E-state index in [1.807, 2.05) is 6.92 Å². The number of aliphatic hydroxyl groups is 1. The minimum absolute atomic E-state index is 0.0966. The van der Waals surface area contributed by atoms with Crippen LogP contribution in [-0.4, -0.2) is 73.9 Å². The molecular weight excluding hydrogens is 381 g/mol. The number of rotatable bonds is 6. The highest BCUT2D eigenvalue weighted by molar-refractivity contribution is 7.17. The molecule has 0 amide bonds. The van der Waals surface area contributed by atoms with Gasteiger partial charge in [-0.05, 0) is 17.7 Å². The molecule has 2 N–H and O–H groups in total. The standard InChI is InChI=1S/C19H24FN5O2S/c1-2-15-21-19-25(22-15)18(27)17(28-19)16(13-3-5-14(20)6-4-13)24-9-7-23(8-10-24)11-12-26/h3-6,16,26-27H,2,7-12H2,1H3. The molecule has 150 valence electrons. The molecule has 3 heterocycles. The zero-order valence-corrected chi connectivity index (χ0v) is 16.6. The van der Waals surface area contributed by atoms with Crippen molar-refractivity contribution in [1.29, 1.82) is 0 Å². The quantitative estimate of drug-likeness (QED) is 0.652. The first-order valence-electron chi connectivity index (χ1n) is 9.50. The van der Waals surface area contributed by atoms with Gasteiger partial charge in [-0.1, -0.05) is 30.4 Å². The van der Waals surface area contributed by atoms with Crippen molar-refractivity contribution < 1.29 is 14.6 Å². The van der Waals surface area contributed by atoms with Gasteiger partial charge in [0, 0.05) is 39.1 Å². The first-order valence-corrected chi connectivity index (χ1v) is 10.3. The third kappa shape index (κ3) is 3.62. The van der Waals surface area contributed by atoms with Crippen molar-refractivity contribution in [2.45, 2.75) is 19.4 Å². The fourth-order valence-electron chi connectivity index (χ4n) is 3.68. The van der Waals surface area contributed by atoms with Crippen LogP contribution in [0.15, 0.2) is 24.3 Å². The summed E-state index contributed by atoms with van der Waals surface area (Å²) in [5.41, 5.74) is 0.924. The Kier molecular flexibility index (Phi) is 5.58. The number of aromatic hydroxyl groups is 1. The van der Waals surface area contributed by atoms with Crippen molar-refractivity contribution in [1.82, 2.24) is 24.4 Å². The molecule has 1 aliphatic heterocycles. The molecule has 9 heteroatoms. The molecule has 3 aromatic rings. The maximum Gasteiger partial charge on any atom is 0.230 e. The summed E-state index contributed by atoms with van der Waals surface area (Å²) in [6, 6.07) is 6.25. The van der Waals surface area contributed by atoms with E-state index in [0.29, 0.717) is 23.8 Å². The van der Waals surface area contributed by atoms with Gasteiger partial charge in [-0.25, -0.2) is 9.37 Å². The number of benzene rings is 1. The Bertz CT molecular complexity index is 934. The van der Waals surface area contributed by atoms with Crippen molar-refractivity contribution >= 4 is 16.3 Å². The van der Waals surface area contributed by atoms with Crippen molar-refractivity contribution in [3.8, 4) is 5.88 Å². The molecule has 0 spiro atoms. The summed E-state index contributed by atoms with van der Waals surface area (Å²) in [6.45, 7) is 6.03. The Balaban J connectivity index is 1.70.